The van der Waals surface area contributed by atoms with Gasteiger partial charge in [0.1, 0.15) is 5.84 Å². The van der Waals surface area contributed by atoms with E-state index in [1.807, 2.05) is 30.3 Å². The average Bonchev–Trinajstić information content (AvgIpc) is 3.66. The van der Waals surface area contributed by atoms with Crippen molar-refractivity contribution in [3.8, 4) is 27.9 Å². The summed E-state index contributed by atoms with van der Waals surface area (Å²) in [6.45, 7) is 0. The Balaban J connectivity index is 0.968. The van der Waals surface area contributed by atoms with Crippen LogP contribution in [0.4, 0.5) is 0 Å². The Labute approximate surface area is 355 Å². The van der Waals surface area contributed by atoms with E-state index < -0.39 is 0 Å². The van der Waals surface area contributed by atoms with Crippen LogP contribution >= 0.6 is 0 Å². The lowest BCUT2D eigenvalue weighted by atomic mass is 9.92. The molecular weight excluding hydrogens is 739 g/mol. The lowest BCUT2D eigenvalue weighted by molar-refractivity contribution is 1.19. The minimum Gasteiger partial charge on any atom is -0.383 e. The second kappa shape index (κ2) is 15.3. The van der Waals surface area contributed by atoms with E-state index >= 15 is 0 Å². The van der Waals surface area contributed by atoms with Gasteiger partial charge >= 0.3 is 0 Å². The van der Waals surface area contributed by atoms with E-state index in [1.54, 1.807) is 0 Å². The van der Waals surface area contributed by atoms with Crippen LogP contribution in [0.15, 0.2) is 229 Å². The maximum Gasteiger partial charge on any atom is 0.131 e. The summed E-state index contributed by atoms with van der Waals surface area (Å²) in [7, 11) is 0. The fourth-order valence-corrected chi connectivity index (χ4v) is 9.06. The summed E-state index contributed by atoms with van der Waals surface area (Å²) in [5, 5.41) is 9.74. The molecule has 0 bridgehead atoms. The molecule has 10 aromatic carbocycles. The molecule has 3 nitrogen and oxygen atoms in total. The van der Waals surface area contributed by atoms with Crippen LogP contribution in [-0.2, 0) is 6.42 Å². The zero-order valence-corrected chi connectivity index (χ0v) is 33.5. The molecule has 2 N–H and O–H groups in total. The van der Waals surface area contributed by atoms with E-state index in [0.29, 0.717) is 5.84 Å². The highest BCUT2D eigenvalue weighted by molar-refractivity contribution is 6.11. The van der Waals surface area contributed by atoms with Gasteiger partial charge in [0.25, 0.3) is 0 Å². The Morgan fingerprint density at radius 3 is 1.92 bits per heavy atom. The third-order valence-electron chi connectivity index (χ3n) is 12.1. The quantitative estimate of drug-likeness (QED) is 0.121. The second-order valence-corrected chi connectivity index (χ2v) is 15.7. The van der Waals surface area contributed by atoms with E-state index in [1.165, 1.54) is 76.7 Å². The lowest BCUT2D eigenvalue weighted by Crippen LogP contribution is -2.13. The maximum absolute atomic E-state index is 6.73. The minimum atomic E-state index is 0.491. The summed E-state index contributed by atoms with van der Waals surface area (Å²) in [6.07, 6.45) is 2.94. The SMILES string of the molecule is N/C(=N\C(=C/Cc1cccc2ccccc12)c1ccc(-c2ccc(-c3ccc4c(c3)c3ccccc3n4-c3ccc4ccccc4c3)cc2)c2ccccc12)c1ccccc1. The van der Waals surface area contributed by atoms with Gasteiger partial charge in [0.2, 0.25) is 0 Å². The minimum absolute atomic E-state index is 0.491. The molecule has 288 valence electrons. The Hall–Kier alpha value is -8.01. The van der Waals surface area contributed by atoms with E-state index in [2.05, 4.69) is 199 Å². The van der Waals surface area contributed by atoms with Crippen LogP contribution < -0.4 is 5.73 Å². The molecule has 0 saturated heterocycles. The van der Waals surface area contributed by atoms with Crippen LogP contribution in [0.25, 0.3) is 87.8 Å². The van der Waals surface area contributed by atoms with Crippen LogP contribution in [0.1, 0.15) is 16.7 Å². The number of aliphatic imine (C=N–C) groups is 1. The molecule has 0 aliphatic rings. The van der Waals surface area contributed by atoms with Crippen molar-refractivity contribution in [3.05, 3.63) is 241 Å². The third kappa shape index (κ3) is 6.63. The second-order valence-electron chi connectivity index (χ2n) is 15.7. The Bertz CT molecular complexity index is 3490. The monoisotopic (exact) mass is 779 g/mol. The summed E-state index contributed by atoms with van der Waals surface area (Å²) in [5.41, 5.74) is 19.1. The van der Waals surface area contributed by atoms with Crippen molar-refractivity contribution in [2.45, 2.75) is 6.42 Å². The number of hydrogen-bond acceptors (Lipinski definition) is 1. The number of nitrogens with zero attached hydrogens (tertiary/aromatic N) is 2. The zero-order chi connectivity index (χ0) is 40.7. The molecule has 61 heavy (non-hydrogen) atoms. The van der Waals surface area contributed by atoms with Crippen molar-refractivity contribution < 1.29 is 0 Å². The van der Waals surface area contributed by atoms with Crippen LogP contribution in [0, 0.1) is 0 Å². The zero-order valence-electron chi connectivity index (χ0n) is 33.5. The van der Waals surface area contributed by atoms with Gasteiger partial charge in [-0.3, -0.25) is 0 Å². The Morgan fingerprint density at radius 1 is 0.443 bits per heavy atom. The fourth-order valence-electron chi connectivity index (χ4n) is 9.06. The number of nitrogens with two attached hydrogens (primary N) is 1. The molecule has 1 heterocycles. The van der Waals surface area contributed by atoms with E-state index in [-0.39, 0.29) is 0 Å². The standard InChI is InChI=1S/C58H41N3/c59-58(44-15-2-1-3-16-44)60-55(35-30-42-19-12-18-41-14-6-7-20-48(41)42)52-34-33-49(50-21-8-9-22-51(50)52)43-27-25-40(26-28-43)46-31-36-57-54(38-46)53-23-10-11-24-56(53)61(57)47-32-29-39-13-4-5-17-45(39)37-47/h1-29,31-38H,30H2,(H2,59,60)/b55-35-. The molecule has 0 aliphatic heterocycles. The number of benzene rings is 10. The topological polar surface area (TPSA) is 43.3 Å². The molecule has 0 aliphatic carbocycles. The molecular formula is C58H41N3. The molecule has 0 atom stereocenters. The first-order valence-electron chi connectivity index (χ1n) is 20.9. The Morgan fingerprint density at radius 2 is 1.08 bits per heavy atom. The lowest BCUT2D eigenvalue weighted by Gasteiger charge is -2.14. The molecule has 0 unspecified atom stereocenters. The van der Waals surface area contributed by atoms with Gasteiger partial charge in [0, 0.05) is 27.6 Å². The van der Waals surface area contributed by atoms with E-state index in [0.717, 1.165) is 34.2 Å². The molecule has 0 fully saturated rings. The predicted octanol–water partition coefficient (Wildman–Crippen LogP) is 14.6. The summed E-state index contributed by atoms with van der Waals surface area (Å²) in [4.78, 5) is 5.14. The van der Waals surface area contributed by atoms with Crippen LogP contribution in [0.5, 0.6) is 0 Å². The summed E-state index contributed by atoms with van der Waals surface area (Å²) < 4.78 is 2.39. The first-order chi connectivity index (χ1) is 30.2. The molecule has 1 aromatic heterocycles. The molecule has 11 rings (SSSR count). The summed E-state index contributed by atoms with van der Waals surface area (Å²) >= 11 is 0. The molecule has 0 saturated carbocycles. The van der Waals surface area contributed by atoms with Crippen molar-refractivity contribution >= 4 is 65.7 Å². The number of hydrogen-bond donors (Lipinski definition) is 1. The maximum atomic E-state index is 6.73. The van der Waals surface area contributed by atoms with Crippen molar-refractivity contribution in [1.29, 1.82) is 0 Å². The molecule has 0 spiro atoms. The normalized spacial score (nSPS) is 12.3. The van der Waals surface area contributed by atoms with Crippen LogP contribution in [-0.4, -0.2) is 10.4 Å². The van der Waals surface area contributed by atoms with Crippen LogP contribution in [0.2, 0.25) is 0 Å². The van der Waals surface area contributed by atoms with Crippen molar-refractivity contribution in [2.24, 2.45) is 10.7 Å². The first-order valence-corrected chi connectivity index (χ1v) is 20.9. The van der Waals surface area contributed by atoms with E-state index in [4.69, 9.17) is 10.7 Å². The number of rotatable bonds is 8. The van der Waals surface area contributed by atoms with Gasteiger partial charge in [-0.2, -0.15) is 0 Å². The smallest absolute Gasteiger partial charge is 0.131 e. The van der Waals surface area contributed by atoms with Gasteiger partial charge < -0.3 is 10.3 Å². The number of fused-ring (bicyclic) bond motifs is 6. The highest BCUT2D eigenvalue weighted by Gasteiger charge is 2.16. The molecule has 11 aromatic rings. The van der Waals surface area contributed by atoms with Gasteiger partial charge in [0.15, 0.2) is 0 Å². The van der Waals surface area contributed by atoms with Crippen molar-refractivity contribution in [2.75, 3.05) is 0 Å². The van der Waals surface area contributed by atoms with Gasteiger partial charge in [-0.05, 0) is 96.9 Å². The third-order valence-corrected chi connectivity index (χ3v) is 12.1. The average molecular weight is 780 g/mol. The Kier molecular flexibility index (Phi) is 9.05. The molecule has 3 heteroatoms. The molecule has 0 amide bonds. The summed E-state index contributed by atoms with van der Waals surface area (Å²) in [6, 6.07) is 78.1. The highest BCUT2D eigenvalue weighted by Crippen LogP contribution is 2.38. The summed E-state index contributed by atoms with van der Waals surface area (Å²) in [5.74, 6) is 0.491. The fraction of sp³-hybridized carbons (Fsp3) is 0.0172. The highest BCUT2D eigenvalue weighted by atomic mass is 15.0. The number of aromatic nitrogens is 1. The van der Waals surface area contributed by atoms with Crippen molar-refractivity contribution in [3.63, 3.8) is 0 Å². The van der Waals surface area contributed by atoms with Crippen molar-refractivity contribution in [1.82, 2.24) is 4.57 Å². The van der Waals surface area contributed by atoms with Gasteiger partial charge in [-0.1, -0.05) is 194 Å². The van der Waals surface area contributed by atoms with Gasteiger partial charge in [-0.15, -0.1) is 0 Å². The predicted molar refractivity (Wildman–Crippen MR) is 259 cm³/mol. The largest absolute Gasteiger partial charge is 0.383 e. The number of allylic oxidation sites excluding steroid dienone is 1. The van der Waals surface area contributed by atoms with Gasteiger partial charge in [0.05, 0.1) is 16.7 Å². The van der Waals surface area contributed by atoms with Crippen LogP contribution in [0.3, 0.4) is 0 Å². The van der Waals surface area contributed by atoms with E-state index in [9.17, 15) is 0 Å². The number of amidine groups is 1. The number of para-hydroxylation sites is 1. The molecule has 0 radical (unpaired) electrons. The first kappa shape index (κ1) is 36.1. The van der Waals surface area contributed by atoms with Gasteiger partial charge in [-0.25, -0.2) is 4.99 Å².